The molecule has 1 spiro atoms. The molecule has 0 aromatic heterocycles. The highest BCUT2D eigenvalue weighted by atomic mass is 16.5. The molecule has 5 atom stereocenters. The highest BCUT2D eigenvalue weighted by Gasteiger charge is 2.74. The number of amides is 2. The van der Waals surface area contributed by atoms with Gasteiger partial charge in [-0.1, -0.05) is 25.8 Å². The molecule has 3 aliphatic heterocycles. The predicted molar refractivity (Wildman–Crippen MR) is 110 cm³/mol. The average Bonchev–Trinajstić information content (AvgIpc) is 3.35. The van der Waals surface area contributed by atoms with E-state index in [-0.39, 0.29) is 18.4 Å². The Balaban J connectivity index is 1.93. The first-order valence-corrected chi connectivity index (χ1v) is 11.1. The lowest BCUT2D eigenvalue weighted by Crippen LogP contribution is -2.56. The van der Waals surface area contributed by atoms with Crippen molar-refractivity contribution < 1.29 is 29.3 Å². The SMILES string of the molecule is C=CCN(CCCCC)C(=O)[C@@H]1N(CCCCO)C(=O)[C@H]2[C@H](C(=O)O)[C@@H]3CC[C@]12O3. The summed E-state index contributed by atoms with van der Waals surface area (Å²) in [6, 6.07) is -0.815. The maximum Gasteiger partial charge on any atom is 0.310 e. The van der Waals surface area contributed by atoms with Crippen LogP contribution >= 0.6 is 0 Å². The van der Waals surface area contributed by atoms with Crippen LogP contribution in [0.15, 0.2) is 12.7 Å². The standard InChI is InChI=1S/C22H34N2O6/c1-3-5-6-12-23(11-4-2)20(27)18-22-10-9-15(30-22)16(21(28)29)17(22)19(26)24(18)13-7-8-14-25/h4,15-18,25H,2-3,5-14H2,1H3,(H,28,29)/t15-,16+,17+,18-,22+/m0/s1. The lowest BCUT2D eigenvalue weighted by Gasteiger charge is -2.36. The van der Waals surface area contributed by atoms with Gasteiger partial charge in [0, 0.05) is 26.2 Å². The molecule has 3 rings (SSSR count). The van der Waals surface area contributed by atoms with Gasteiger partial charge in [0.25, 0.3) is 0 Å². The molecule has 8 heteroatoms. The van der Waals surface area contributed by atoms with Crippen LogP contribution in [0.3, 0.4) is 0 Å². The van der Waals surface area contributed by atoms with Gasteiger partial charge in [0.1, 0.15) is 11.6 Å². The monoisotopic (exact) mass is 422 g/mol. The number of aliphatic hydroxyl groups excluding tert-OH is 1. The van der Waals surface area contributed by atoms with Crippen LogP contribution in [0.25, 0.3) is 0 Å². The van der Waals surface area contributed by atoms with E-state index in [9.17, 15) is 19.5 Å². The Labute approximate surface area is 177 Å². The van der Waals surface area contributed by atoms with E-state index in [1.807, 2.05) is 0 Å². The number of carboxylic acid groups (broad SMARTS) is 1. The zero-order valence-electron chi connectivity index (χ0n) is 17.8. The zero-order chi connectivity index (χ0) is 21.9. The molecule has 0 unspecified atom stereocenters. The number of nitrogens with zero attached hydrogens (tertiary/aromatic N) is 2. The number of likely N-dealkylation sites (tertiary alicyclic amines) is 1. The van der Waals surface area contributed by atoms with Crippen molar-refractivity contribution in [2.45, 2.75) is 69.6 Å². The second kappa shape index (κ2) is 9.47. The van der Waals surface area contributed by atoms with Crippen LogP contribution in [0.1, 0.15) is 51.9 Å². The van der Waals surface area contributed by atoms with Crippen LogP contribution in [-0.4, -0.2) is 81.8 Å². The molecular weight excluding hydrogens is 388 g/mol. The van der Waals surface area contributed by atoms with Gasteiger partial charge < -0.3 is 24.7 Å². The van der Waals surface area contributed by atoms with E-state index in [4.69, 9.17) is 9.84 Å². The highest BCUT2D eigenvalue weighted by Crippen LogP contribution is 2.58. The smallest absolute Gasteiger partial charge is 0.310 e. The minimum absolute atomic E-state index is 0.00511. The van der Waals surface area contributed by atoms with E-state index in [0.29, 0.717) is 45.3 Å². The Morgan fingerprint density at radius 2 is 2.10 bits per heavy atom. The highest BCUT2D eigenvalue weighted by molar-refractivity contribution is 5.98. The molecule has 2 N–H and O–H groups in total. The third-order valence-electron chi connectivity index (χ3n) is 6.82. The number of aliphatic carboxylic acids is 1. The van der Waals surface area contributed by atoms with E-state index < -0.39 is 35.6 Å². The molecule has 3 saturated heterocycles. The number of carboxylic acids is 1. The first kappa shape index (κ1) is 22.7. The van der Waals surface area contributed by atoms with Crippen molar-refractivity contribution in [2.75, 3.05) is 26.2 Å². The topological polar surface area (TPSA) is 107 Å². The average molecular weight is 423 g/mol. The molecule has 30 heavy (non-hydrogen) atoms. The lowest BCUT2D eigenvalue weighted by atomic mass is 9.70. The van der Waals surface area contributed by atoms with Crippen LogP contribution in [0.4, 0.5) is 0 Å². The molecule has 0 saturated carbocycles. The normalized spacial score (nSPS) is 31.8. The second-order valence-electron chi connectivity index (χ2n) is 8.64. The summed E-state index contributed by atoms with van der Waals surface area (Å²) >= 11 is 0. The zero-order valence-corrected chi connectivity index (χ0v) is 17.8. The Kier molecular flexibility index (Phi) is 7.18. The van der Waals surface area contributed by atoms with Gasteiger partial charge in [0.15, 0.2) is 0 Å². The fraction of sp³-hybridized carbons (Fsp3) is 0.773. The maximum absolute atomic E-state index is 13.7. The van der Waals surface area contributed by atoms with E-state index in [1.54, 1.807) is 11.0 Å². The maximum atomic E-state index is 13.7. The molecule has 0 aromatic carbocycles. The summed E-state index contributed by atoms with van der Waals surface area (Å²) in [6.45, 7) is 7.13. The molecule has 3 fully saturated rings. The molecule has 3 heterocycles. The van der Waals surface area contributed by atoms with E-state index >= 15 is 0 Å². The van der Waals surface area contributed by atoms with E-state index in [2.05, 4.69) is 13.5 Å². The van der Waals surface area contributed by atoms with Gasteiger partial charge in [-0.25, -0.2) is 0 Å². The van der Waals surface area contributed by atoms with Crippen LogP contribution in [0, 0.1) is 11.8 Å². The summed E-state index contributed by atoms with van der Waals surface area (Å²) in [5.74, 6) is -3.24. The van der Waals surface area contributed by atoms with Crippen molar-refractivity contribution in [1.29, 1.82) is 0 Å². The van der Waals surface area contributed by atoms with Crippen LogP contribution in [-0.2, 0) is 19.1 Å². The van der Waals surface area contributed by atoms with Gasteiger partial charge >= 0.3 is 5.97 Å². The molecule has 0 radical (unpaired) electrons. The number of hydrogen-bond donors (Lipinski definition) is 2. The van der Waals surface area contributed by atoms with Crippen molar-refractivity contribution in [3.8, 4) is 0 Å². The molecule has 0 aromatic rings. The summed E-state index contributed by atoms with van der Waals surface area (Å²) in [6.07, 6.45) is 6.18. The third-order valence-corrected chi connectivity index (χ3v) is 6.82. The largest absolute Gasteiger partial charge is 0.481 e. The van der Waals surface area contributed by atoms with Gasteiger partial charge in [-0.15, -0.1) is 6.58 Å². The summed E-state index contributed by atoms with van der Waals surface area (Å²) in [7, 11) is 0. The Bertz CT molecular complexity index is 683. The number of hydrogen-bond acceptors (Lipinski definition) is 5. The number of rotatable bonds is 12. The minimum atomic E-state index is -1.06. The number of carbonyl (C=O) groups is 3. The van der Waals surface area contributed by atoms with E-state index in [1.165, 1.54) is 4.90 Å². The van der Waals surface area contributed by atoms with Crippen molar-refractivity contribution >= 4 is 17.8 Å². The molecule has 2 amide bonds. The van der Waals surface area contributed by atoms with Crippen molar-refractivity contribution in [3.63, 3.8) is 0 Å². The summed E-state index contributed by atoms with van der Waals surface area (Å²) in [4.78, 5) is 42.3. The second-order valence-corrected chi connectivity index (χ2v) is 8.64. The van der Waals surface area contributed by atoms with Gasteiger partial charge in [-0.05, 0) is 32.1 Å². The summed E-state index contributed by atoms with van der Waals surface area (Å²) < 4.78 is 6.19. The summed E-state index contributed by atoms with van der Waals surface area (Å²) in [5, 5.41) is 18.9. The first-order chi connectivity index (χ1) is 14.4. The number of ether oxygens (including phenoxy) is 1. The van der Waals surface area contributed by atoms with Crippen molar-refractivity contribution in [3.05, 3.63) is 12.7 Å². The number of aliphatic hydroxyl groups is 1. The molecule has 168 valence electrons. The molecule has 2 bridgehead atoms. The summed E-state index contributed by atoms with van der Waals surface area (Å²) in [5.41, 5.74) is -1.06. The Hall–Kier alpha value is -1.93. The van der Waals surface area contributed by atoms with E-state index in [0.717, 1.165) is 19.3 Å². The van der Waals surface area contributed by atoms with Gasteiger partial charge in [0.05, 0.1) is 17.9 Å². The van der Waals surface area contributed by atoms with Crippen LogP contribution in [0.2, 0.25) is 0 Å². The number of fused-ring (bicyclic) bond motifs is 1. The van der Waals surface area contributed by atoms with Gasteiger partial charge in [0.2, 0.25) is 11.8 Å². The third kappa shape index (κ3) is 3.75. The van der Waals surface area contributed by atoms with Crippen molar-refractivity contribution in [1.82, 2.24) is 9.80 Å². The Morgan fingerprint density at radius 1 is 1.33 bits per heavy atom. The predicted octanol–water partition coefficient (Wildman–Crippen LogP) is 1.42. The van der Waals surface area contributed by atoms with Gasteiger partial charge in [-0.3, -0.25) is 14.4 Å². The molecule has 3 aliphatic rings. The fourth-order valence-corrected chi connectivity index (χ4v) is 5.52. The quantitative estimate of drug-likeness (QED) is 0.364. The molecular formula is C22H34N2O6. The minimum Gasteiger partial charge on any atom is -0.481 e. The van der Waals surface area contributed by atoms with Crippen molar-refractivity contribution in [2.24, 2.45) is 11.8 Å². The van der Waals surface area contributed by atoms with Crippen LogP contribution < -0.4 is 0 Å². The fourth-order valence-electron chi connectivity index (χ4n) is 5.52. The first-order valence-electron chi connectivity index (χ1n) is 11.1. The number of carbonyl (C=O) groups excluding carboxylic acids is 2. The lowest BCUT2D eigenvalue weighted by molar-refractivity contribution is -0.151. The number of unbranched alkanes of at least 4 members (excludes halogenated alkanes) is 3. The van der Waals surface area contributed by atoms with Crippen LogP contribution in [0.5, 0.6) is 0 Å². The Morgan fingerprint density at radius 3 is 2.73 bits per heavy atom. The molecule has 0 aliphatic carbocycles. The van der Waals surface area contributed by atoms with Gasteiger partial charge in [-0.2, -0.15) is 0 Å². The molecule has 8 nitrogen and oxygen atoms in total.